The van der Waals surface area contributed by atoms with Gasteiger partial charge in [0, 0.05) is 0 Å². The second-order valence-corrected chi connectivity index (χ2v) is 9.42. The van der Waals surface area contributed by atoms with Gasteiger partial charge >= 0.3 is 0 Å². The number of aryl methyl sites for hydroxylation is 2. The van der Waals surface area contributed by atoms with Crippen molar-refractivity contribution in [2.45, 2.75) is 50.6 Å². The summed E-state index contributed by atoms with van der Waals surface area (Å²) in [6.07, 6.45) is 0. The fraction of sp³-hybridized carbons (Fsp3) is 0.304. The largest absolute Gasteiger partial charge is 0.322 e. The number of nitrogens with one attached hydrogen (secondary N) is 1. The first-order valence-corrected chi connectivity index (χ1v) is 11.0. The Kier molecular flexibility index (Phi) is 5.35. The monoisotopic (exact) mass is 435 g/mol. The number of benzene rings is 2. The highest BCUT2D eigenvalue weighted by molar-refractivity contribution is 8.00. The molecule has 0 saturated heterocycles. The molecule has 3 aromatic rings. The summed E-state index contributed by atoms with van der Waals surface area (Å²) in [6.45, 7) is 9.28. The lowest BCUT2D eigenvalue weighted by Gasteiger charge is -2.43. The number of hydrogen-bond acceptors (Lipinski definition) is 5. The number of hydrogen-bond donors (Lipinski definition) is 1. The van der Waals surface area contributed by atoms with Gasteiger partial charge in [0.15, 0.2) is 5.16 Å². The number of carbonyl (C=O) groups is 2. The Morgan fingerprint density at radius 1 is 1.03 bits per heavy atom. The van der Waals surface area contributed by atoms with E-state index in [1.54, 1.807) is 24.8 Å². The molecule has 0 bridgehead atoms. The zero-order valence-electron chi connectivity index (χ0n) is 18.2. The standard InChI is InChI=1S/C23H25N5O2S/c1-14-10-6-8-12-18(14)27-16(3)25-26-22(27)31-15(2)20(29)28-19-13-9-7-11-17(19)24-21(30)23(28,4)5/h6-13,15H,1-5H3,(H,24,30). The van der Waals surface area contributed by atoms with E-state index in [9.17, 15) is 9.59 Å². The number of anilines is 2. The third-order valence-electron chi connectivity index (χ3n) is 5.51. The lowest BCUT2D eigenvalue weighted by molar-refractivity contribution is -0.126. The summed E-state index contributed by atoms with van der Waals surface area (Å²) in [7, 11) is 0. The number of carbonyl (C=O) groups excluding carboxylic acids is 2. The van der Waals surface area contributed by atoms with Crippen LogP contribution in [0.2, 0.25) is 0 Å². The van der Waals surface area contributed by atoms with Crippen LogP contribution in [0, 0.1) is 13.8 Å². The summed E-state index contributed by atoms with van der Waals surface area (Å²) < 4.78 is 1.96. The van der Waals surface area contributed by atoms with Gasteiger partial charge in [0.1, 0.15) is 11.4 Å². The van der Waals surface area contributed by atoms with E-state index < -0.39 is 10.8 Å². The van der Waals surface area contributed by atoms with Gasteiger partial charge in [-0.2, -0.15) is 0 Å². The van der Waals surface area contributed by atoms with Crippen LogP contribution in [0.15, 0.2) is 53.7 Å². The molecule has 31 heavy (non-hydrogen) atoms. The minimum absolute atomic E-state index is 0.158. The molecule has 2 amide bonds. The molecule has 0 spiro atoms. The van der Waals surface area contributed by atoms with Crippen LogP contribution in [0.3, 0.4) is 0 Å². The molecule has 160 valence electrons. The predicted molar refractivity (Wildman–Crippen MR) is 123 cm³/mol. The van der Waals surface area contributed by atoms with E-state index in [-0.39, 0.29) is 11.8 Å². The van der Waals surface area contributed by atoms with Crippen LogP contribution < -0.4 is 10.2 Å². The normalized spacial score (nSPS) is 15.9. The minimum Gasteiger partial charge on any atom is -0.322 e. The maximum atomic E-state index is 13.6. The van der Waals surface area contributed by atoms with Crippen LogP contribution in [0.4, 0.5) is 11.4 Å². The molecule has 1 aromatic heterocycles. The average molecular weight is 436 g/mol. The van der Waals surface area contributed by atoms with Crippen molar-refractivity contribution in [2.75, 3.05) is 10.2 Å². The van der Waals surface area contributed by atoms with Crippen LogP contribution in [0.5, 0.6) is 0 Å². The zero-order valence-corrected chi connectivity index (χ0v) is 19.0. The third-order valence-corrected chi connectivity index (χ3v) is 6.54. The Morgan fingerprint density at radius 3 is 2.39 bits per heavy atom. The molecular formula is C23H25N5O2S. The van der Waals surface area contributed by atoms with E-state index in [1.807, 2.05) is 67.8 Å². The molecule has 1 N–H and O–H groups in total. The topological polar surface area (TPSA) is 80.1 Å². The van der Waals surface area contributed by atoms with E-state index >= 15 is 0 Å². The molecule has 2 heterocycles. The molecule has 4 rings (SSSR count). The van der Waals surface area contributed by atoms with Gasteiger partial charge in [-0.05, 0) is 58.4 Å². The van der Waals surface area contributed by atoms with Crippen LogP contribution in [0.25, 0.3) is 5.69 Å². The van der Waals surface area contributed by atoms with E-state index in [1.165, 1.54) is 11.8 Å². The molecule has 1 aliphatic rings. The van der Waals surface area contributed by atoms with E-state index in [4.69, 9.17) is 0 Å². The molecule has 1 atom stereocenters. The number of nitrogens with zero attached hydrogens (tertiary/aromatic N) is 4. The van der Waals surface area contributed by atoms with Crippen molar-refractivity contribution < 1.29 is 9.59 Å². The van der Waals surface area contributed by atoms with Crippen LogP contribution in [-0.4, -0.2) is 37.4 Å². The van der Waals surface area contributed by atoms with Crippen LogP contribution >= 0.6 is 11.8 Å². The van der Waals surface area contributed by atoms with Gasteiger partial charge in [0.05, 0.1) is 22.3 Å². The van der Waals surface area contributed by atoms with Gasteiger partial charge in [-0.1, -0.05) is 42.1 Å². The number of fused-ring (bicyclic) bond motifs is 1. The van der Waals surface area contributed by atoms with Crippen molar-refractivity contribution in [3.8, 4) is 5.69 Å². The Balaban J connectivity index is 1.68. The van der Waals surface area contributed by atoms with E-state index in [0.29, 0.717) is 16.5 Å². The summed E-state index contributed by atoms with van der Waals surface area (Å²) in [5.74, 6) is 0.379. The van der Waals surface area contributed by atoms with Crippen molar-refractivity contribution in [1.82, 2.24) is 14.8 Å². The fourth-order valence-corrected chi connectivity index (χ4v) is 4.69. The van der Waals surface area contributed by atoms with Gasteiger partial charge in [0.25, 0.3) is 0 Å². The summed E-state index contributed by atoms with van der Waals surface area (Å²) in [6, 6.07) is 15.4. The Morgan fingerprint density at radius 2 is 1.68 bits per heavy atom. The maximum absolute atomic E-state index is 13.6. The van der Waals surface area contributed by atoms with Gasteiger partial charge in [-0.15, -0.1) is 10.2 Å². The first kappa shape index (κ1) is 21.1. The highest BCUT2D eigenvalue weighted by Gasteiger charge is 2.45. The molecule has 0 radical (unpaired) electrons. The first-order chi connectivity index (χ1) is 14.7. The van der Waals surface area contributed by atoms with E-state index in [2.05, 4.69) is 15.5 Å². The second kappa shape index (κ2) is 7.85. The number of aromatic nitrogens is 3. The smallest absolute Gasteiger partial charge is 0.250 e. The summed E-state index contributed by atoms with van der Waals surface area (Å²) in [4.78, 5) is 27.9. The predicted octanol–water partition coefficient (Wildman–Crippen LogP) is 4.13. The van der Waals surface area contributed by atoms with Gasteiger partial charge < -0.3 is 5.32 Å². The van der Waals surface area contributed by atoms with Crippen molar-refractivity contribution in [3.05, 3.63) is 59.9 Å². The van der Waals surface area contributed by atoms with Crippen molar-refractivity contribution in [2.24, 2.45) is 0 Å². The quantitative estimate of drug-likeness (QED) is 0.624. The highest BCUT2D eigenvalue weighted by atomic mass is 32.2. The van der Waals surface area contributed by atoms with Crippen molar-refractivity contribution in [1.29, 1.82) is 0 Å². The number of para-hydroxylation sites is 3. The minimum atomic E-state index is -1.01. The number of rotatable bonds is 4. The van der Waals surface area contributed by atoms with Crippen LogP contribution in [-0.2, 0) is 9.59 Å². The molecule has 1 unspecified atom stereocenters. The first-order valence-electron chi connectivity index (χ1n) is 10.1. The fourth-order valence-electron chi connectivity index (χ4n) is 3.75. The van der Waals surface area contributed by atoms with Gasteiger partial charge in [0.2, 0.25) is 11.8 Å². The number of thioether (sulfide) groups is 1. The maximum Gasteiger partial charge on any atom is 0.250 e. The number of amides is 2. The Labute approximate surface area is 185 Å². The lowest BCUT2D eigenvalue weighted by Crippen LogP contribution is -2.60. The summed E-state index contributed by atoms with van der Waals surface area (Å²) in [5, 5.41) is 11.6. The Hall–Kier alpha value is -3.13. The Bertz CT molecular complexity index is 1170. The lowest BCUT2D eigenvalue weighted by atomic mass is 9.96. The van der Waals surface area contributed by atoms with Crippen LogP contribution in [0.1, 0.15) is 32.2 Å². The molecule has 2 aromatic carbocycles. The molecule has 0 aliphatic carbocycles. The highest BCUT2D eigenvalue weighted by Crippen LogP contribution is 2.39. The molecule has 8 heteroatoms. The molecule has 0 saturated carbocycles. The van der Waals surface area contributed by atoms with Crippen molar-refractivity contribution in [3.63, 3.8) is 0 Å². The zero-order chi connectivity index (χ0) is 22.3. The average Bonchev–Trinajstić information content (AvgIpc) is 3.08. The third kappa shape index (κ3) is 3.61. The SMILES string of the molecule is Cc1ccccc1-n1c(C)nnc1SC(C)C(=O)N1c2ccccc2NC(=O)C1(C)C. The second-order valence-electron chi connectivity index (χ2n) is 8.12. The molecule has 1 aliphatic heterocycles. The molecule has 7 nitrogen and oxygen atoms in total. The summed E-state index contributed by atoms with van der Waals surface area (Å²) >= 11 is 1.34. The van der Waals surface area contributed by atoms with E-state index in [0.717, 1.165) is 17.1 Å². The molecular weight excluding hydrogens is 410 g/mol. The summed E-state index contributed by atoms with van der Waals surface area (Å²) in [5.41, 5.74) is 2.39. The molecule has 0 fully saturated rings. The van der Waals surface area contributed by atoms with Gasteiger partial charge in [-0.25, -0.2) is 0 Å². The van der Waals surface area contributed by atoms with Gasteiger partial charge in [-0.3, -0.25) is 19.1 Å². The van der Waals surface area contributed by atoms with Crippen molar-refractivity contribution >= 4 is 35.0 Å².